The Morgan fingerprint density at radius 1 is 1.38 bits per heavy atom. The van der Waals surface area contributed by atoms with Gasteiger partial charge in [0.25, 0.3) is 0 Å². The third-order valence-electron chi connectivity index (χ3n) is 2.66. The molecule has 3 N–H and O–H groups in total. The molecular formula is C13H14FN5O2. The van der Waals surface area contributed by atoms with Crippen molar-refractivity contribution in [2.75, 3.05) is 24.7 Å². The number of hydrogen-bond donors (Lipinski definition) is 2. The average molecular weight is 291 g/mol. The predicted octanol–water partition coefficient (Wildman–Crippen LogP) is 1.77. The molecular weight excluding hydrogens is 277 g/mol. The maximum absolute atomic E-state index is 13.7. The third-order valence-corrected chi connectivity index (χ3v) is 2.66. The quantitative estimate of drug-likeness (QED) is 0.840. The Morgan fingerprint density at radius 3 is 2.81 bits per heavy atom. The SMILES string of the molecule is CNC(=O)N(C)c1cc(Oc2ccc(N)cc2F)ncn1. The van der Waals surface area contributed by atoms with Gasteiger partial charge in [-0.25, -0.2) is 19.2 Å². The Labute approximate surface area is 120 Å². The van der Waals surface area contributed by atoms with E-state index in [4.69, 9.17) is 10.5 Å². The molecule has 21 heavy (non-hydrogen) atoms. The van der Waals surface area contributed by atoms with Crippen molar-refractivity contribution in [3.63, 3.8) is 0 Å². The molecule has 1 aromatic heterocycles. The molecule has 0 radical (unpaired) electrons. The second-order valence-corrected chi connectivity index (χ2v) is 4.12. The van der Waals surface area contributed by atoms with E-state index in [0.29, 0.717) is 11.5 Å². The van der Waals surface area contributed by atoms with Crippen molar-refractivity contribution < 1.29 is 13.9 Å². The molecule has 0 aliphatic rings. The number of amides is 2. The van der Waals surface area contributed by atoms with E-state index in [2.05, 4.69) is 15.3 Å². The maximum Gasteiger partial charge on any atom is 0.322 e. The zero-order chi connectivity index (χ0) is 15.4. The van der Waals surface area contributed by atoms with Gasteiger partial charge in [0, 0.05) is 31.9 Å². The van der Waals surface area contributed by atoms with Gasteiger partial charge in [-0.05, 0) is 12.1 Å². The first-order chi connectivity index (χ1) is 10.0. The van der Waals surface area contributed by atoms with Crippen LogP contribution >= 0.6 is 0 Å². The predicted molar refractivity (Wildman–Crippen MR) is 75.8 cm³/mol. The van der Waals surface area contributed by atoms with Crippen LogP contribution in [0.3, 0.4) is 0 Å². The summed E-state index contributed by atoms with van der Waals surface area (Å²) in [6.07, 6.45) is 1.22. The molecule has 0 bridgehead atoms. The molecule has 8 heteroatoms. The number of nitrogens with two attached hydrogens (primary N) is 1. The molecule has 7 nitrogen and oxygen atoms in total. The van der Waals surface area contributed by atoms with Crippen molar-refractivity contribution in [2.45, 2.75) is 0 Å². The van der Waals surface area contributed by atoms with E-state index in [-0.39, 0.29) is 17.7 Å². The van der Waals surface area contributed by atoms with Crippen LogP contribution < -0.4 is 20.7 Å². The normalized spacial score (nSPS) is 10.0. The minimum absolute atomic E-state index is 0.0172. The van der Waals surface area contributed by atoms with Crippen LogP contribution in [0.4, 0.5) is 20.7 Å². The van der Waals surface area contributed by atoms with Gasteiger partial charge in [-0.2, -0.15) is 0 Å². The number of nitrogen functional groups attached to an aromatic ring is 1. The van der Waals surface area contributed by atoms with Gasteiger partial charge in [-0.3, -0.25) is 4.90 Å². The highest BCUT2D eigenvalue weighted by Gasteiger charge is 2.12. The average Bonchev–Trinajstić information content (AvgIpc) is 2.49. The standard InChI is InChI=1S/C13H14FN5O2/c1-16-13(20)19(2)11-6-12(18-7-17-11)21-10-4-3-8(15)5-9(10)14/h3-7H,15H2,1-2H3,(H,16,20). The van der Waals surface area contributed by atoms with E-state index in [9.17, 15) is 9.18 Å². The van der Waals surface area contributed by atoms with Gasteiger partial charge >= 0.3 is 6.03 Å². The summed E-state index contributed by atoms with van der Waals surface area (Å²) < 4.78 is 19.0. The van der Waals surface area contributed by atoms with E-state index in [1.54, 1.807) is 0 Å². The molecule has 0 saturated heterocycles. The number of aromatic nitrogens is 2. The fourth-order valence-corrected chi connectivity index (χ4v) is 1.55. The summed E-state index contributed by atoms with van der Waals surface area (Å²) >= 11 is 0. The van der Waals surface area contributed by atoms with Crippen LogP contribution in [-0.2, 0) is 0 Å². The van der Waals surface area contributed by atoms with Crippen molar-refractivity contribution >= 4 is 17.5 Å². The van der Waals surface area contributed by atoms with Gasteiger partial charge in [0.2, 0.25) is 5.88 Å². The monoisotopic (exact) mass is 291 g/mol. The van der Waals surface area contributed by atoms with Gasteiger partial charge in [0.1, 0.15) is 12.1 Å². The number of carbonyl (C=O) groups excluding carboxylic acids is 1. The molecule has 2 amide bonds. The van der Waals surface area contributed by atoms with E-state index < -0.39 is 5.82 Å². The third kappa shape index (κ3) is 3.35. The fraction of sp³-hybridized carbons (Fsp3) is 0.154. The summed E-state index contributed by atoms with van der Waals surface area (Å²) in [6, 6.07) is 5.13. The minimum Gasteiger partial charge on any atom is -0.436 e. The number of benzene rings is 1. The first-order valence-corrected chi connectivity index (χ1v) is 6.01. The van der Waals surface area contributed by atoms with Crippen LogP contribution in [0.1, 0.15) is 0 Å². The second kappa shape index (κ2) is 6.04. The lowest BCUT2D eigenvalue weighted by atomic mass is 10.3. The summed E-state index contributed by atoms with van der Waals surface area (Å²) in [5, 5.41) is 2.46. The zero-order valence-electron chi connectivity index (χ0n) is 11.5. The summed E-state index contributed by atoms with van der Waals surface area (Å²) in [6.45, 7) is 0. The number of halogens is 1. The van der Waals surface area contributed by atoms with Crippen LogP contribution in [0.5, 0.6) is 11.6 Å². The molecule has 0 fully saturated rings. The molecule has 1 aromatic carbocycles. The Bertz CT molecular complexity index is 665. The number of hydrogen-bond acceptors (Lipinski definition) is 5. The van der Waals surface area contributed by atoms with Crippen molar-refractivity contribution in [2.24, 2.45) is 0 Å². The molecule has 0 atom stereocenters. The number of rotatable bonds is 3. The smallest absolute Gasteiger partial charge is 0.322 e. The molecule has 0 unspecified atom stereocenters. The number of nitrogens with one attached hydrogen (secondary N) is 1. The van der Waals surface area contributed by atoms with E-state index in [0.717, 1.165) is 6.07 Å². The molecule has 2 aromatic rings. The van der Waals surface area contributed by atoms with Crippen LogP contribution in [0, 0.1) is 5.82 Å². The minimum atomic E-state index is -0.602. The number of ether oxygens (including phenoxy) is 1. The molecule has 0 aliphatic heterocycles. The lowest BCUT2D eigenvalue weighted by Gasteiger charge is -2.15. The maximum atomic E-state index is 13.7. The molecule has 1 heterocycles. The molecule has 110 valence electrons. The highest BCUT2D eigenvalue weighted by molar-refractivity contribution is 5.90. The van der Waals surface area contributed by atoms with Gasteiger partial charge < -0.3 is 15.8 Å². The Morgan fingerprint density at radius 2 is 2.14 bits per heavy atom. The first-order valence-electron chi connectivity index (χ1n) is 6.01. The molecule has 0 aliphatic carbocycles. The van der Waals surface area contributed by atoms with Crippen molar-refractivity contribution in [1.29, 1.82) is 0 Å². The van der Waals surface area contributed by atoms with Gasteiger partial charge in [-0.15, -0.1) is 0 Å². The second-order valence-electron chi connectivity index (χ2n) is 4.12. The highest BCUT2D eigenvalue weighted by Crippen LogP contribution is 2.25. The fourth-order valence-electron chi connectivity index (χ4n) is 1.55. The van der Waals surface area contributed by atoms with Crippen molar-refractivity contribution in [3.05, 3.63) is 36.4 Å². The first kappa shape index (κ1) is 14.5. The molecule has 0 spiro atoms. The van der Waals surface area contributed by atoms with Gasteiger partial charge in [0.15, 0.2) is 11.6 Å². The Hall–Kier alpha value is -2.90. The van der Waals surface area contributed by atoms with Crippen molar-refractivity contribution in [1.82, 2.24) is 15.3 Å². The van der Waals surface area contributed by atoms with Gasteiger partial charge in [0.05, 0.1) is 0 Å². The highest BCUT2D eigenvalue weighted by atomic mass is 19.1. The number of anilines is 2. The van der Waals surface area contributed by atoms with E-state index in [1.807, 2.05) is 0 Å². The zero-order valence-corrected chi connectivity index (χ0v) is 11.5. The summed E-state index contributed by atoms with van der Waals surface area (Å²) in [5.41, 5.74) is 5.76. The van der Waals surface area contributed by atoms with Crippen LogP contribution in [0.25, 0.3) is 0 Å². The van der Waals surface area contributed by atoms with Crippen LogP contribution in [0.2, 0.25) is 0 Å². The van der Waals surface area contributed by atoms with Gasteiger partial charge in [-0.1, -0.05) is 0 Å². The Kier molecular flexibility index (Phi) is 4.17. The van der Waals surface area contributed by atoms with Crippen molar-refractivity contribution in [3.8, 4) is 11.6 Å². The van der Waals surface area contributed by atoms with Crippen LogP contribution in [0.15, 0.2) is 30.6 Å². The lowest BCUT2D eigenvalue weighted by molar-refractivity contribution is 0.249. The van der Waals surface area contributed by atoms with E-state index >= 15 is 0 Å². The topological polar surface area (TPSA) is 93.4 Å². The summed E-state index contributed by atoms with van der Waals surface area (Å²) in [4.78, 5) is 20.6. The number of nitrogens with zero attached hydrogens (tertiary/aromatic N) is 3. The Balaban J connectivity index is 2.23. The number of urea groups is 1. The lowest BCUT2D eigenvalue weighted by Crippen LogP contribution is -2.35. The number of carbonyl (C=O) groups is 1. The van der Waals surface area contributed by atoms with Crippen LogP contribution in [-0.4, -0.2) is 30.1 Å². The summed E-state index contributed by atoms with van der Waals surface area (Å²) in [5.74, 6) is -0.194. The van der Waals surface area contributed by atoms with E-state index in [1.165, 1.54) is 43.5 Å². The summed E-state index contributed by atoms with van der Waals surface area (Å²) in [7, 11) is 3.04. The molecule has 2 rings (SSSR count). The molecule has 0 saturated carbocycles. The largest absolute Gasteiger partial charge is 0.436 e.